The van der Waals surface area contributed by atoms with Gasteiger partial charge in [0.15, 0.2) is 5.65 Å². The van der Waals surface area contributed by atoms with Crippen LogP contribution in [0.1, 0.15) is 58.2 Å². The molecule has 0 spiro atoms. The highest BCUT2D eigenvalue weighted by Gasteiger charge is 2.36. The van der Waals surface area contributed by atoms with Crippen LogP contribution in [0.5, 0.6) is 0 Å². The first-order valence-corrected chi connectivity index (χ1v) is 15.0. The third kappa shape index (κ3) is 4.71. The Bertz CT molecular complexity index is 2010. The Morgan fingerprint density at radius 2 is 1.89 bits per heavy atom. The number of benzene rings is 1. The Morgan fingerprint density at radius 3 is 2.66 bits per heavy atom. The molecule has 0 saturated carbocycles. The molecule has 4 aromatic heterocycles. The number of halogens is 4. The van der Waals surface area contributed by atoms with Crippen LogP contribution >= 0.6 is 15.9 Å². The lowest BCUT2D eigenvalue weighted by atomic mass is 9.98. The lowest BCUT2D eigenvalue weighted by Crippen LogP contribution is -2.46. The molecule has 2 aliphatic rings. The van der Waals surface area contributed by atoms with Gasteiger partial charge < -0.3 is 9.47 Å². The van der Waals surface area contributed by atoms with Crippen molar-refractivity contribution in [2.45, 2.75) is 57.8 Å². The quantitative estimate of drug-likeness (QED) is 0.270. The molecule has 1 aliphatic carbocycles. The van der Waals surface area contributed by atoms with E-state index < -0.39 is 23.7 Å². The van der Waals surface area contributed by atoms with Crippen molar-refractivity contribution >= 4 is 33.0 Å². The number of carbonyl (C=O) groups is 1. The zero-order chi connectivity index (χ0) is 30.9. The van der Waals surface area contributed by atoms with Crippen LogP contribution in [0, 0.1) is 0 Å². The third-order valence-corrected chi connectivity index (χ3v) is 9.05. The average molecular weight is 667 g/mol. The second-order valence-corrected chi connectivity index (χ2v) is 12.2. The van der Waals surface area contributed by atoms with Crippen molar-refractivity contribution in [1.82, 2.24) is 38.8 Å². The van der Waals surface area contributed by atoms with Crippen LogP contribution in [0.2, 0.25) is 0 Å². The number of fused-ring (bicyclic) bond motifs is 3. The normalized spacial score (nSPS) is 16.7. The smallest absolute Gasteiger partial charge is 0.330 e. The van der Waals surface area contributed by atoms with Crippen LogP contribution in [0.4, 0.5) is 13.2 Å². The van der Waals surface area contributed by atoms with Crippen molar-refractivity contribution in [2.75, 3.05) is 0 Å². The number of hydrogen-bond donors (Lipinski definition) is 0. The van der Waals surface area contributed by atoms with Crippen LogP contribution in [0.15, 0.2) is 52.3 Å². The second-order valence-electron chi connectivity index (χ2n) is 11.3. The third-order valence-electron chi connectivity index (χ3n) is 8.36. The van der Waals surface area contributed by atoms with E-state index in [-0.39, 0.29) is 34.5 Å². The van der Waals surface area contributed by atoms with Gasteiger partial charge in [0, 0.05) is 34.9 Å². The number of aromatic nitrogens is 7. The first kappa shape index (κ1) is 28.4. The van der Waals surface area contributed by atoms with Gasteiger partial charge in [-0.25, -0.2) is 24.2 Å². The monoisotopic (exact) mass is 666 g/mol. The molecule has 1 aliphatic heterocycles. The summed E-state index contributed by atoms with van der Waals surface area (Å²) in [6.07, 6.45) is 4.44. The highest BCUT2D eigenvalue weighted by molar-refractivity contribution is 9.10. The maximum absolute atomic E-state index is 14.3. The Balaban J connectivity index is 1.35. The van der Waals surface area contributed by atoms with E-state index in [1.807, 2.05) is 13.2 Å². The number of hydrogen-bond acceptors (Lipinski definition) is 6. The van der Waals surface area contributed by atoms with Crippen molar-refractivity contribution in [3.05, 3.63) is 91.5 Å². The molecule has 1 amide bonds. The van der Waals surface area contributed by atoms with Crippen LogP contribution in [0.3, 0.4) is 0 Å². The Morgan fingerprint density at radius 1 is 1.09 bits per heavy atom. The molecule has 7 rings (SSSR count). The summed E-state index contributed by atoms with van der Waals surface area (Å²) in [5, 5.41) is 4.78. The maximum Gasteiger partial charge on any atom is 0.417 e. The van der Waals surface area contributed by atoms with Gasteiger partial charge in [-0.1, -0.05) is 15.9 Å². The first-order chi connectivity index (χ1) is 21.0. The summed E-state index contributed by atoms with van der Waals surface area (Å²) in [7, 11) is 1.83. The largest absolute Gasteiger partial charge is 0.417 e. The van der Waals surface area contributed by atoms with Crippen molar-refractivity contribution in [3.8, 4) is 11.6 Å². The van der Waals surface area contributed by atoms with E-state index in [9.17, 15) is 22.8 Å². The fourth-order valence-corrected chi connectivity index (χ4v) is 6.52. The molecule has 0 saturated heterocycles. The molecular weight excluding hydrogens is 641 g/mol. The maximum atomic E-state index is 14.3. The highest BCUT2D eigenvalue weighted by atomic mass is 79.9. The highest BCUT2D eigenvalue weighted by Crippen LogP contribution is 2.36. The molecule has 44 heavy (non-hydrogen) atoms. The summed E-state index contributed by atoms with van der Waals surface area (Å²) in [4.78, 5) is 43.2. The first-order valence-electron chi connectivity index (χ1n) is 14.2. The van der Waals surface area contributed by atoms with Crippen LogP contribution < -0.4 is 5.56 Å². The minimum Gasteiger partial charge on any atom is -0.330 e. The summed E-state index contributed by atoms with van der Waals surface area (Å²) in [5.74, 6) is -0.335. The number of amides is 1. The predicted molar refractivity (Wildman–Crippen MR) is 158 cm³/mol. The van der Waals surface area contributed by atoms with E-state index in [0.717, 1.165) is 43.0 Å². The van der Waals surface area contributed by atoms with Gasteiger partial charge in [0.25, 0.3) is 11.5 Å². The fraction of sp³-hybridized carbons (Fsp3) is 0.333. The van der Waals surface area contributed by atoms with E-state index in [4.69, 9.17) is 10.1 Å². The zero-order valence-corrected chi connectivity index (χ0v) is 25.4. The van der Waals surface area contributed by atoms with Crippen molar-refractivity contribution in [1.29, 1.82) is 0 Å². The van der Waals surface area contributed by atoms with Gasteiger partial charge in [0.2, 0.25) is 5.95 Å². The van der Waals surface area contributed by atoms with E-state index in [1.165, 1.54) is 21.6 Å². The Labute approximate surface area is 257 Å². The molecule has 0 fully saturated rings. The van der Waals surface area contributed by atoms with Crippen molar-refractivity contribution in [2.24, 2.45) is 7.05 Å². The number of aryl methyl sites for hydroxylation is 3. The van der Waals surface area contributed by atoms with Gasteiger partial charge in [-0.2, -0.15) is 18.3 Å². The van der Waals surface area contributed by atoms with E-state index >= 15 is 0 Å². The number of nitrogens with zero attached hydrogens (tertiary/aromatic N) is 8. The van der Waals surface area contributed by atoms with Crippen LogP contribution in [-0.2, 0) is 39.0 Å². The fourth-order valence-electron chi connectivity index (χ4n) is 6.05. The predicted octanol–water partition coefficient (Wildman–Crippen LogP) is 4.95. The molecule has 14 heteroatoms. The standard InChI is InChI=1S/C30H26BrF3N8O2/c1-16-9-20-25(14-40(16)27(43)17-7-8-22(31)21(10-17)30(32,33)34)37-29(41-13-18-5-3-4-6-23(18)38-41)42(28(20)44)19-11-24-26(35-12-19)39(2)15-36-24/h7-8,10-13,15-16H,3-6,9,14H2,1-2H3. The van der Waals surface area contributed by atoms with E-state index in [1.54, 1.807) is 34.8 Å². The summed E-state index contributed by atoms with van der Waals surface area (Å²) in [6, 6.07) is 4.73. The minimum absolute atomic E-state index is 0.0473. The number of rotatable bonds is 3. The molecule has 0 bridgehead atoms. The summed E-state index contributed by atoms with van der Waals surface area (Å²) in [6.45, 7) is 1.72. The summed E-state index contributed by atoms with van der Waals surface area (Å²) < 4.78 is 45.5. The van der Waals surface area contributed by atoms with E-state index in [2.05, 4.69) is 25.9 Å². The summed E-state index contributed by atoms with van der Waals surface area (Å²) in [5.41, 5.74) is 3.24. The average Bonchev–Trinajstić information content (AvgIpc) is 3.59. The molecule has 1 atom stereocenters. The van der Waals surface area contributed by atoms with Crippen molar-refractivity contribution in [3.63, 3.8) is 0 Å². The molecular formula is C30H26BrF3N8O2. The van der Waals surface area contributed by atoms with Gasteiger partial charge in [-0.15, -0.1) is 0 Å². The SMILES string of the molecule is CC1Cc2c(nc(-n3cc4c(n3)CCCC4)n(-c3cnc4c(c3)ncn4C)c2=O)CN1C(=O)c1ccc(Br)c(C(F)(F)F)c1. The molecule has 5 aromatic rings. The molecule has 1 aromatic carbocycles. The van der Waals surface area contributed by atoms with Crippen LogP contribution in [0.25, 0.3) is 22.8 Å². The van der Waals surface area contributed by atoms with E-state index in [0.29, 0.717) is 28.1 Å². The van der Waals surface area contributed by atoms with Crippen molar-refractivity contribution < 1.29 is 18.0 Å². The molecule has 10 nitrogen and oxygen atoms in total. The van der Waals surface area contributed by atoms with Gasteiger partial charge in [-0.05, 0) is 68.9 Å². The molecule has 1 unspecified atom stereocenters. The number of imidazole rings is 1. The number of alkyl halides is 3. The Hall–Kier alpha value is -4.33. The minimum atomic E-state index is -4.63. The van der Waals surface area contributed by atoms with Gasteiger partial charge in [0.05, 0.1) is 41.7 Å². The van der Waals surface area contributed by atoms with Gasteiger partial charge in [-0.3, -0.25) is 9.59 Å². The van der Waals surface area contributed by atoms with Gasteiger partial charge in [0.1, 0.15) is 5.52 Å². The lowest BCUT2D eigenvalue weighted by Gasteiger charge is -2.34. The zero-order valence-electron chi connectivity index (χ0n) is 23.8. The molecule has 226 valence electrons. The number of carbonyl (C=O) groups excluding carboxylic acids is 1. The molecule has 5 heterocycles. The lowest BCUT2D eigenvalue weighted by molar-refractivity contribution is -0.138. The topological polar surface area (TPSA) is 104 Å². The Kier molecular flexibility index (Phi) is 6.72. The second kappa shape index (κ2) is 10.4. The van der Waals surface area contributed by atoms with Gasteiger partial charge >= 0.3 is 6.18 Å². The molecule has 0 radical (unpaired) electrons. The summed E-state index contributed by atoms with van der Waals surface area (Å²) >= 11 is 2.93. The van der Waals surface area contributed by atoms with Crippen LogP contribution in [-0.4, -0.2) is 50.7 Å². The number of pyridine rings is 1. The molecule has 0 N–H and O–H groups in total.